The number of rotatable bonds is 6. The molecule has 7 nitrogen and oxygen atoms in total. The molecule has 4 aromatic rings. The van der Waals surface area contributed by atoms with E-state index < -0.39 is 15.8 Å². The predicted octanol–water partition coefficient (Wildman–Crippen LogP) is 4.46. The Bertz CT molecular complexity index is 1550. The van der Waals surface area contributed by atoms with Crippen LogP contribution in [-0.4, -0.2) is 35.0 Å². The lowest BCUT2D eigenvalue weighted by Crippen LogP contribution is -2.37. The molecule has 0 saturated heterocycles. The van der Waals surface area contributed by atoms with Gasteiger partial charge in [-0.2, -0.15) is 9.40 Å². The van der Waals surface area contributed by atoms with E-state index in [-0.39, 0.29) is 23.9 Å². The predicted molar refractivity (Wildman–Crippen MR) is 139 cm³/mol. The van der Waals surface area contributed by atoms with Crippen LogP contribution in [0.3, 0.4) is 0 Å². The lowest BCUT2D eigenvalue weighted by Gasteiger charge is -2.28. The summed E-state index contributed by atoms with van der Waals surface area (Å²) in [6.07, 6.45) is 0.515. The van der Waals surface area contributed by atoms with Crippen molar-refractivity contribution in [3.05, 3.63) is 113 Å². The van der Waals surface area contributed by atoms with Crippen molar-refractivity contribution in [2.45, 2.75) is 31.3 Å². The fourth-order valence-electron chi connectivity index (χ4n) is 4.69. The highest BCUT2D eigenvalue weighted by molar-refractivity contribution is 7.89. The molecule has 2 heterocycles. The fraction of sp³-hybridized carbons (Fsp3) is 0.214. The van der Waals surface area contributed by atoms with Crippen LogP contribution < -0.4 is 4.90 Å². The molecule has 0 spiro atoms. The van der Waals surface area contributed by atoms with Crippen LogP contribution in [0.25, 0.3) is 0 Å². The molecular weight excluding hydrogens is 491 g/mol. The summed E-state index contributed by atoms with van der Waals surface area (Å²) in [5, 5.41) is 4.69. The van der Waals surface area contributed by atoms with E-state index in [1.165, 1.54) is 28.6 Å². The lowest BCUT2D eigenvalue weighted by atomic mass is 10.1. The van der Waals surface area contributed by atoms with Gasteiger partial charge >= 0.3 is 0 Å². The van der Waals surface area contributed by atoms with Crippen LogP contribution in [0, 0.1) is 12.7 Å². The summed E-state index contributed by atoms with van der Waals surface area (Å²) >= 11 is 0. The molecule has 0 unspecified atom stereocenters. The summed E-state index contributed by atoms with van der Waals surface area (Å²) in [6.45, 7) is 2.52. The van der Waals surface area contributed by atoms with Gasteiger partial charge in [-0.25, -0.2) is 12.8 Å². The molecule has 0 bridgehead atoms. The SMILES string of the molecule is Cc1cccc(S(=O)(=O)N2CCc3c(c(CN(C(=O)c4ccc(F)cc4)c4ccccc4)nn3C)C2)c1. The first-order valence-corrected chi connectivity index (χ1v) is 13.4. The zero-order chi connectivity index (χ0) is 26.2. The minimum absolute atomic E-state index is 0.141. The number of aryl methyl sites for hydroxylation is 2. The second-order valence-electron chi connectivity index (χ2n) is 9.13. The van der Waals surface area contributed by atoms with E-state index in [4.69, 9.17) is 5.10 Å². The Morgan fingerprint density at radius 2 is 1.76 bits per heavy atom. The van der Waals surface area contributed by atoms with E-state index in [1.807, 2.05) is 50.4 Å². The molecule has 9 heteroatoms. The molecule has 0 fully saturated rings. The van der Waals surface area contributed by atoms with Gasteiger partial charge in [0, 0.05) is 49.1 Å². The number of halogens is 1. The number of fused-ring (bicyclic) bond motifs is 1. The van der Waals surface area contributed by atoms with Crippen LogP contribution in [0.1, 0.15) is 32.9 Å². The van der Waals surface area contributed by atoms with Crippen LogP contribution in [-0.2, 0) is 36.6 Å². The van der Waals surface area contributed by atoms with Crippen molar-refractivity contribution in [3.63, 3.8) is 0 Å². The van der Waals surface area contributed by atoms with Gasteiger partial charge in [0.2, 0.25) is 10.0 Å². The Morgan fingerprint density at radius 3 is 2.46 bits per heavy atom. The third-order valence-corrected chi connectivity index (χ3v) is 8.47. The molecule has 3 aromatic carbocycles. The van der Waals surface area contributed by atoms with Gasteiger partial charge in [0.15, 0.2) is 0 Å². The van der Waals surface area contributed by atoms with E-state index in [1.54, 1.807) is 27.8 Å². The number of carbonyl (C=O) groups excluding carboxylic acids is 1. The number of benzene rings is 3. The molecule has 0 radical (unpaired) electrons. The van der Waals surface area contributed by atoms with Crippen molar-refractivity contribution < 1.29 is 17.6 Å². The standard InChI is InChI=1S/C28H27FN4O3S/c1-20-7-6-10-24(17-20)37(35,36)32-16-15-27-25(18-32)26(30-31(27)2)19-33(23-8-4-3-5-9-23)28(34)21-11-13-22(29)14-12-21/h3-14,17H,15-16,18-19H2,1-2H3. The van der Waals surface area contributed by atoms with E-state index in [0.717, 1.165) is 16.8 Å². The van der Waals surface area contributed by atoms with Crippen LogP contribution in [0.4, 0.5) is 10.1 Å². The van der Waals surface area contributed by atoms with Crippen molar-refractivity contribution in [2.75, 3.05) is 11.4 Å². The van der Waals surface area contributed by atoms with Gasteiger partial charge in [-0.3, -0.25) is 9.48 Å². The first kappa shape index (κ1) is 24.9. The lowest BCUT2D eigenvalue weighted by molar-refractivity contribution is 0.0984. The molecule has 1 aliphatic rings. The normalized spacial score (nSPS) is 13.8. The summed E-state index contributed by atoms with van der Waals surface area (Å²) < 4.78 is 43.6. The minimum atomic E-state index is -3.70. The molecule has 0 aliphatic carbocycles. The highest BCUT2D eigenvalue weighted by Crippen LogP contribution is 2.29. The Morgan fingerprint density at radius 1 is 1.03 bits per heavy atom. The number of anilines is 1. The zero-order valence-corrected chi connectivity index (χ0v) is 21.5. The number of aromatic nitrogens is 2. The van der Waals surface area contributed by atoms with Gasteiger partial charge in [-0.1, -0.05) is 30.3 Å². The molecule has 5 rings (SSSR count). The highest BCUT2D eigenvalue weighted by Gasteiger charge is 2.33. The average molecular weight is 519 g/mol. The maximum absolute atomic E-state index is 13.5. The molecule has 190 valence electrons. The second kappa shape index (κ2) is 9.91. The summed E-state index contributed by atoms with van der Waals surface area (Å²) in [6, 6.07) is 21.5. The van der Waals surface area contributed by atoms with Gasteiger partial charge in [0.1, 0.15) is 5.82 Å². The topological polar surface area (TPSA) is 75.5 Å². The minimum Gasteiger partial charge on any atom is -0.302 e. The maximum Gasteiger partial charge on any atom is 0.258 e. The van der Waals surface area contributed by atoms with Crippen LogP contribution in [0.2, 0.25) is 0 Å². The van der Waals surface area contributed by atoms with Crippen molar-refractivity contribution in [1.82, 2.24) is 14.1 Å². The van der Waals surface area contributed by atoms with Gasteiger partial charge in [-0.05, 0) is 61.0 Å². The number of amides is 1. The van der Waals surface area contributed by atoms with Crippen molar-refractivity contribution in [3.8, 4) is 0 Å². The molecule has 0 saturated carbocycles. The molecule has 1 aromatic heterocycles. The smallest absolute Gasteiger partial charge is 0.258 e. The van der Waals surface area contributed by atoms with Gasteiger partial charge in [-0.15, -0.1) is 0 Å². The maximum atomic E-state index is 13.5. The van der Waals surface area contributed by atoms with Crippen LogP contribution in [0.5, 0.6) is 0 Å². The Hall–Kier alpha value is -3.82. The first-order chi connectivity index (χ1) is 17.7. The third kappa shape index (κ3) is 4.92. The number of para-hydroxylation sites is 1. The van der Waals surface area contributed by atoms with E-state index in [2.05, 4.69) is 0 Å². The van der Waals surface area contributed by atoms with Crippen LogP contribution >= 0.6 is 0 Å². The first-order valence-electron chi connectivity index (χ1n) is 12.0. The number of sulfonamides is 1. The van der Waals surface area contributed by atoms with Crippen molar-refractivity contribution in [2.24, 2.45) is 7.05 Å². The van der Waals surface area contributed by atoms with Gasteiger partial charge in [0.25, 0.3) is 5.91 Å². The summed E-state index contributed by atoms with van der Waals surface area (Å²) in [7, 11) is -1.86. The Balaban J connectivity index is 1.49. The summed E-state index contributed by atoms with van der Waals surface area (Å²) in [4.78, 5) is 15.4. The van der Waals surface area contributed by atoms with Crippen LogP contribution in [0.15, 0.2) is 83.8 Å². The number of nitrogens with zero attached hydrogens (tertiary/aromatic N) is 4. The fourth-order valence-corrected chi connectivity index (χ4v) is 6.20. The Labute approximate surface area is 215 Å². The molecule has 1 aliphatic heterocycles. The zero-order valence-electron chi connectivity index (χ0n) is 20.6. The number of carbonyl (C=O) groups is 1. The molecule has 0 atom stereocenters. The quantitative estimate of drug-likeness (QED) is 0.378. The third-order valence-electron chi connectivity index (χ3n) is 6.63. The van der Waals surface area contributed by atoms with Crippen molar-refractivity contribution in [1.29, 1.82) is 0 Å². The second-order valence-corrected chi connectivity index (χ2v) is 11.1. The van der Waals surface area contributed by atoms with E-state index in [0.29, 0.717) is 29.9 Å². The van der Waals surface area contributed by atoms with Gasteiger partial charge < -0.3 is 4.90 Å². The largest absolute Gasteiger partial charge is 0.302 e. The summed E-state index contributed by atoms with van der Waals surface area (Å²) in [5.41, 5.74) is 4.26. The molecule has 1 amide bonds. The molecular formula is C28H27FN4O3S. The highest BCUT2D eigenvalue weighted by atomic mass is 32.2. The monoisotopic (exact) mass is 518 g/mol. The number of hydrogen-bond acceptors (Lipinski definition) is 4. The van der Waals surface area contributed by atoms with Gasteiger partial charge in [0.05, 0.1) is 17.1 Å². The molecule has 37 heavy (non-hydrogen) atoms. The van der Waals surface area contributed by atoms with E-state index >= 15 is 0 Å². The van der Waals surface area contributed by atoms with Crippen molar-refractivity contribution >= 4 is 21.6 Å². The molecule has 0 N–H and O–H groups in total. The number of hydrogen-bond donors (Lipinski definition) is 0. The average Bonchev–Trinajstić information content (AvgIpc) is 3.22. The van der Waals surface area contributed by atoms with E-state index in [9.17, 15) is 17.6 Å². The Kier molecular flexibility index (Phi) is 6.66. The summed E-state index contributed by atoms with van der Waals surface area (Å²) in [5.74, 6) is -0.720.